The number of anilines is 1. The number of hydrogen-bond acceptors (Lipinski definition) is 4. The molecule has 1 aromatic carbocycles. The number of carbonyl (C=O) groups is 1. The van der Waals surface area contributed by atoms with Gasteiger partial charge in [0.2, 0.25) is 5.91 Å². The smallest absolute Gasteiger partial charge is 0.246 e. The molecule has 2 aliphatic rings. The molecule has 1 aliphatic heterocycles. The Balaban J connectivity index is 0.00000289. The fraction of sp³-hybridized carbons (Fsp3) is 0.522. The molecule has 1 saturated carbocycles. The molecule has 1 saturated heterocycles. The standard InChI is InChI=1S/C23H32N6O2.HI/c1-3-24-23(28-12-13-29(22(30)17-28)19-15-26-27(2)16-19)25-14-18-8-4-7-11-21(18)31-20-9-5-6-10-20;/h4,7-8,11,15-16,20H,3,5-6,9-10,12-14,17H2,1-2H3,(H,24,25);1H. The third-order valence-corrected chi connectivity index (χ3v) is 5.83. The van der Waals surface area contributed by atoms with Crippen molar-refractivity contribution < 1.29 is 9.53 Å². The normalized spacial score (nSPS) is 17.4. The number of benzene rings is 1. The highest BCUT2D eigenvalue weighted by molar-refractivity contribution is 14.0. The van der Waals surface area contributed by atoms with Crippen LogP contribution in [-0.2, 0) is 18.4 Å². The lowest BCUT2D eigenvalue weighted by Gasteiger charge is -2.35. The van der Waals surface area contributed by atoms with E-state index in [1.165, 1.54) is 12.8 Å². The van der Waals surface area contributed by atoms with Gasteiger partial charge in [-0.25, -0.2) is 4.99 Å². The number of halogens is 1. The van der Waals surface area contributed by atoms with E-state index in [-0.39, 0.29) is 29.9 Å². The number of carbonyl (C=O) groups excluding carboxylic acids is 1. The zero-order valence-corrected chi connectivity index (χ0v) is 21.2. The van der Waals surface area contributed by atoms with E-state index >= 15 is 0 Å². The predicted octanol–water partition coefficient (Wildman–Crippen LogP) is 3.17. The first-order valence-electron chi connectivity index (χ1n) is 11.2. The predicted molar refractivity (Wildman–Crippen MR) is 137 cm³/mol. The number of amides is 1. The zero-order valence-electron chi connectivity index (χ0n) is 18.9. The Labute approximate surface area is 207 Å². The Hall–Kier alpha value is -2.30. The van der Waals surface area contributed by atoms with Gasteiger partial charge in [-0.2, -0.15) is 5.10 Å². The van der Waals surface area contributed by atoms with Gasteiger partial charge in [0.25, 0.3) is 0 Å². The number of ether oxygens (including phenoxy) is 1. The van der Waals surface area contributed by atoms with Gasteiger partial charge in [-0.1, -0.05) is 18.2 Å². The Morgan fingerprint density at radius 1 is 1.25 bits per heavy atom. The maximum atomic E-state index is 12.8. The van der Waals surface area contributed by atoms with Crippen LogP contribution in [-0.4, -0.2) is 58.8 Å². The fourth-order valence-electron chi connectivity index (χ4n) is 4.20. The summed E-state index contributed by atoms with van der Waals surface area (Å²) in [5.74, 6) is 1.73. The summed E-state index contributed by atoms with van der Waals surface area (Å²) in [6.45, 7) is 4.92. The molecule has 1 aromatic heterocycles. The molecule has 0 spiro atoms. The number of nitrogens with one attached hydrogen (secondary N) is 1. The Morgan fingerprint density at radius 2 is 2.03 bits per heavy atom. The summed E-state index contributed by atoms with van der Waals surface area (Å²) in [7, 11) is 1.86. The summed E-state index contributed by atoms with van der Waals surface area (Å²) in [5.41, 5.74) is 1.91. The summed E-state index contributed by atoms with van der Waals surface area (Å²) in [6, 6.07) is 8.14. The molecule has 2 fully saturated rings. The van der Waals surface area contributed by atoms with Gasteiger partial charge in [-0.15, -0.1) is 24.0 Å². The molecule has 0 atom stereocenters. The number of aryl methyl sites for hydroxylation is 1. The summed E-state index contributed by atoms with van der Waals surface area (Å²) in [6.07, 6.45) is 8.66. The molecule has 1 N–H and O–H groups in total. The van der Waals surface area contributed by atoms with Crippen LogP contribution >= 0.6 is 24.0 Å². The maximum absolute atomic E-state index is 12.8. The van der Waals surface area contributed by atoms with Crippen molar-refractivity contribution in [2.45, 2.75) is 45.3 Å². The molecule has 1 amide bonds. The summed E-state index contributed by atoms with van der Waals surface area (Å²) < 4.78 is 7.97. The van der Waals surface area contributed by atoms with E-state index in [4.69, 9.17) is 9.73 Å². The van der Waals surface area contributed by atoms with Crippen LogP contribution in [0.3, 0.4) is 0 Å². The largest absolute Gasteiger partial charge is 0.490 e. The number of piperazine rings is 1. The van der Waals surface area contributed by atoms with Gasteiger partial charge in [0, 0.05) is 38.4 Å². The molecule has 0 radical (unpaired) electrons. The van der Waals surface area contributed by atoms with Gasteiger partial charge in [0.05, 0.1) is 24.5 Å². The van der Waals surface area contributed by atoms with Crippen LogP contribution in [0.15, 0.2) is 41.7 Å². The van der Waals surface area contributed by atoms with Crippen molar-refractivity contribution in [2.24, 2.45) is 12.0 Å². The molecular weight excluding hydrogens is 519 g/mol. The Morgan fingerprint density at radius 3 is 2.72 bits per heavy atom. The van der Waals surface area contributed by atoms with Crippen molar-refractivity contribution in [1.29, 1.82) is 0 Å². The van der Waals surface area contributed by atoms with Gasteiger partial charge >= 0.3 is 0 Å². The van der Waals surface area contributed by atoms with Crippen LogP contribution in [0.1, 0.15) is 38.2 Å². The topological polar surface area (TPSA) is 75.0 Å². The van der Waals surface area contributed by atoms with E-state index in [0.29, 0.717) is 32.3 Å². The lowest BCUT2D eigenvalue weighted by atomic mass is 10.2. The summed E-state index contributed by atoms with van der Waals surface area (Å²) >= 11 is 0. The molecular formula is C23H33IN6O2. The van der Waals surface area contributed by atoms with E-state index in [9.17, 15) is 4.79 Å². The maximum Gasteiger partial charge on any atom is 0.246 e. The lowest BCUT2D eigenvalue weighted by Crippen LogP contribution is -2.55. The van der Waals surface area contributed by atoms with Crippen LogP contribution in [0.25, 0.3) is 0 Å². The highest BCUT2D eigenvalue weighted by Gasteiger charge is 2.27. The molecule has 2 aromatic rings. The van der Waals surface area contributed by atoms with Gasteiger partial charge in [-0.05, 0) is 38.7 Å². The Bertz CT molecular complexity index is 925. The second kappa shape index (κ2) is 11.5. The fourth-order valence-corrected chi connectivity index (χ4v) is 4.20. The van der Waals surface area contributed by atoms with Gasteiger partial charge in [-0.3, -0.25) is 9.48 Å². The molecule has 2 heterocycles. The monoisotopic (exact) mass is 552 g/mol. The van der Waals surface area contributed by atoms with Crippen LogP contribution in [0.4, 0.5) is 5.69 Å². The number of hydrogen-bond donors (Lipinski definition) is 1. The molecule has 0 unspecified atom stereocenters. The van der Waals surface area contributed by atoms with E-state index in [1.54, 1.807) is 15.8 Å². The van der Waals surface area contributed by atoms with Crippen molar-refractivity contribution in [3.63, 3.8) is 0 Å². The number of para-hydroxylation sites is 1. The van der Waals surface area contributed by atoms with Gasteiger partial charge in [0.1, 0.15) is 12.3 Å². The minimum Gasteiger partial charge on any atom is -0.490 e. The van der Waals surface area contributed by atoms with E-state index in [0.717, 1.165) is 42.3 Å². The van der Waals surface area contributed by atoms with E-state index < -0.39 is 0 Å². The van der Waals surface area contributed by atoms with Crippen LogP contribution in [0.2, 0.25) is 0 Å². The average molecular weight is 552 g/mol. The molecule has 0 bridgehead atoms. The van der Waals surface area contributed by atoms with Crippen molar-refractivity contribution in [1.82, 2.24) is 20.0 Å². The van der Waals surface area contributed by atoms with Gasteiger partial charge in [0.15, 0.2) is 5.96 Å². The minimum absolute atomic E-state index is 0. The van der Waals surface area contributed by atoms with Gasteiger partial charge < -0.3 is 19.9 Å². The third kappa shape index (κ3) is 5.93. The first-order valence-corrected chi connectivity index (χ1v) is 11.2. The quantitative estimate of drug-likeness (QED) is 0.339. The van der Waals surface area contributed by atoms with Crippen molar-refractivity contribution in [3.05, 3.63) is 42.2 Å². The van der Waals surface area contributed by atoms with Crippen LogP contribution in [0.5, 0.6) is 5.75 Å². The molecule has 9 heteroatoms. The number of aromatic nitrogens is 2. The zero-order chi connectivity index (χ0) is 21.6. The number of nitrogens with zero attached hydrogens (tertiary/aromatic N) is 5. The van der Waals surface area contributed by atoms with Crippen molar-refractivity contribution >= 4 is 41.5 Å². The Kier molecular flexibility index (Phi) is 8.77. The minimum atomic E-state index is 0. The number of aliphatic imine (C=N–C) groups is 1. The summed E-state index contributed by atoms with van der Waals surface area (Å²) in [5, 5.41) is 7.52. The van der Waals surface area contributed by atoms with Crippen molar-refractivity contribution in [2.75, 3.05) is 31.1 Å². The molecule has 1 aliphatic carbocycles. The molecule has 174 valence electrons. The van der Waals surface area contributed by atoms with E-state index in [2.05, 4.69) is 16.5 Å². The second-order valence-corrected chi connectivity index (χ2v) is 8.14. The molecule has 4 rings (SSSR count). The van der Waals surface area contributed by atoms with Crippen molar-refractivity contribution in [3.8, 4) is 5.75 Å². The SMILES string of the molecule is CCNC(=NCc1ccccc1OC1CCCC1)N1CCN(c2cnn(C)c2)C(=O)C1.I. The highest BCUT2D eigenvalue weighted by atomic mass is 127. The number of rotatable bonds is 6. The lowest BCUT2D eigenvalue weighted by molar-refractivity contribution is -0.120. The molecule has 8 nitrogen and oxygen atoms in total. The van der Waals surface area contributed by atoms with E-state index in [1.807, 2.05) is 43.3 Å². The molecule has 32 heavy (non-hydrogen) atoms. The first-order chi connectivity index (χ1) is 15.1. The first kappa shape index (κ1) is 24.3. The third-order valence-electron chi connectivity index (χ3n) is 5.83. The number of guanidine groups is 1. The van der Waals surface area contributed by atoms with Crippen LogP contribution < -0.4 is 15.0 Å². The summed E-state index contributed by atoms with van der Waals surface area (Å²) in [4.78, 5) is 21.4. The second-order valence-electron chi connectivity index (χ2n) is 8.14. The highest BCUT2D eigenvalue weighted by Crippen LogP contribution is 2.27. The van der Waals surface area contributed by atoms with Crippen LogP contribution in [0, 0.1) is 0 Å². The average Bonchev–Trinajstić information content (AvgIpc) is 3.44.